The van der Waals surface area contributed by atoms with Crippen LogP contribution < -0.4 is 4.90 Å². The Balaban J connectivity index is 2.32. The van der Waals surface area contributed by atoms with E-state index in [4.69, 9.17) is 5.11 Å². The first-order valence-electron chi connectivity index (χ1n) is 5.78. The van der Waals surface area contributed by atoms with E-state index in [0.29, 0.717) is 13.0 Å². The first-order valence-corrected chi connectivity index (χ1v) is 5.78. The first-order chi connectivity index (χ1) is 8.17. The summed E-state index contributed by atoms with van der Waals surface area (Å²) >= 11 is 0. The van der Waals surface area contributed by atoms with Crippen LogP contribution in [0.3, 0.4) is 0 Å². The summed E-state index contributed by atoms with van der Waals surface area (Å²) < 4.78 is 0. The molecule has 1 aromatic carbocycles. The van der Waals surface area contributed by atoms with Crippen molar-refractivity contribution in [3.8, 4) is 0 Å². The maximum Gasteiger partial charge on any atom is 0.227 e. The molecule has 0 radical (unpaired) electrons. The summed E-state index contributed by atoms with van der Waals surface area (Å²) in [4.78, 5) is 13.6. The Morgan fingerprint density at radius 3 is 2.76 bits per heavy atom. The van der Waals surface area contributed by atoms with Crippen LogP contribution in [-0.2, 0) is 11.4 Å². The quantitative estimate of drug-likeness (QED) is 0.816. The van der Waals surface area contributed by atoms with Crippen molar-refractivity contribution in [1.82, 2.24) is 0 Å². The number of anilines is 1. The van der Waals surface area contributed by atoms with Gasteiger partial charge in [-0.1, -0.05) is 12.1 Å². The molecule has 2 N–H and O–H groups in total. The molecule has 1 unspecified atom stereocenters. The number of aliphatic hydroxyl groups is 2. The SMILES string of the molecule is Cc1c(CO)cccc1N1CC(CO)CC1=O. The van der Waals surface area contributed by atoms with E-state index in [0.717, 1.165) is 16.8 Å². The van der Waals surface area contributed by atoms with Gasteiger partial charge in [-0.2, -0.15) is 0 Å². The van der Waals surface area contributed by atoms with E-state index in [2.05, 4.69) is 0 Å². The van der Waals surface area contributed by atoms with Gasteiger partial charge in [0, 0.05) is 31.2 Å². The van der Waals surface area contributed by atoms with Gasteiger partial charge in [0.1, 0.15) is 0 Å². The summed E-state index contributed by atoms with van der Waals surface area (Å²) in [5.74, 6) is 0.0712. The van der Waals surface area contributed by atoms with Crippen LogP contribution in [0.1, 0.15) is 17.5 Å². The molecule has 4 nitrogen and oxygen atoms in total. The minimum absolute atomic E-state index is 0.0227. The average molecular weight is 235 g/mol. The number of benzene rings is 1. The van der Waals surface area contributed by atoms with Crippen LogP contribution in [0.15, 0.2) is 18.2 Å². The fourth-order valence-electron chi connectivity index (χ4n) is 2.27. The number of rotatable bonds is 3. The van der Waals surface area contributed by atoms with E-state index in [1.807, 2.05) is 25.1 Å². The zero-order chi connectivity index (χ0) is 12.4. The Hall–Kier alpha value is -1.39. The molecule has 1 atom stereocenters. The second kappa shape index (κ2) is 4.85. The fourth-order valence-corrected chi connectivity index (χ4v) is 2.27. The molecule has 1 heterocycles. The number of nitrogens with zero attached hydrogens (tertiary/aromatic N) is 1. The van der Waals surface area contributed by atoms with Crippen molar-refractivity contribution < 1.29 is 15.0 Å². The summed E-state index contributed by atoms with van der Waals surface area (Å²) in [6.07, 6.45) is 0.402. The molecule has 1 saturated heterocycles. The molecular weight excluding hydrogens is 218 g/mol. The van der Waals surface area contributed by atoms with Crippen molar-refractivity contribution in [3.63, 3.8) is 0 Å². The van der Waals surface area contributed by atoms with Crippen LogP contribution in [-0.4, -0.2) is 29.3 Å². The lowest BCUT2D eigenvalue weighted by atomic mass is 10.1. The van der Waals surface area contributed by atoms with Gasteiger partial charge in [-0.25, -0.2) is 0 Å². The van der Waals surface area contributed by atoms with Gasteiger partial charge in [0.05, 0.1) is 6.61 Å². The molecule has 0 bridgehead atoms. The van der Waals surface area contributed by atoms with Crippen molar-refractivity contribution >= 4 is 11.6 Å². The molecule has 1 aliphatic heterocycles. The number of aliphatic hydroxyl groups excluding tert-OH is 2. The second-order valence-electron chi connectivity index (χ2n) is 4.48. The average Bonchev–Trinajstić information content (AvgIpc) is 2.71. The molecule has 4 heteroatoms. The summed E-state index contributed by atoms with van der Waals surface area (Å²) in [7, 11) is 0. The molecule has 0 saturated carbocycles. The van der Waals surface area contributed by atoms with E-state index in [1.165, 1.54) is 0 Å². The van der Waals surface area contributed by atoms with Crippen LogP contribution >= 0.6 is 0 Å². The number of carbonyl (C=O) groups is 1. The molecule has 17 heavy (non-hydrogen) atoms. The summed E-state index contributed by atoms with van der Waals surface area (Å²) in [6, 6.07) is 5.57. The maximum atomic E-state index is 11.8. The highest BCUT2D eigenvalue weighted by atomic mass is 16.3. The van der Waals surface area contributed by atoms with E-state index in [9.17, 15) is 9.90 Å². The van der Waals surface area contributed by atoms with E-state index in [1.54, 1.807) is 4.90 Å². The first kappa shape index (κ1) is 12.1. The Bertz CT molecular complexity index is 431. The van der Waals surface area contributed by atoms with Gasteiger partial charge < -0.3 is 15.1 Å². The van der Waals surface area contributed by atoms with Crippen molar-refractivity contribution in [1.29, 1.82) is 0 Å². The third-order valence-electron chi connectivity index (χ3n) is 3.34. The summed E-state index contributed by atoms with van der Waals surface area (Å²) in [5, 5.41) is 18.3. The molecular formula is C13H17NO3. The predicted octanol–water partition coefficient (Wildman–Crippen LogP) is 0.833. The third kappa shape index (κ3) is 2.18. The Labute approximate surface area is 100 Å². The van der Waals surface area contributed by atoms with Crippen LogP contribution in [0.25, 0.3) is 0 Å². The third-order valence-corrected chi connectivity index (χ3v) is 3.34. The standard InChI is InChI=1S/C13H17NO3/c1-9-11(8-16)3-2-4-12(9)14-6-10(7-15)5-13(14)17/h2-4,10,15-16H,5-8H2,1H3. The number of hydrogen-bond acceptors (Lipinski definition) is 3. The van der Waals surface area contributed by atoms with Gasteiger partial charge in [-0.3, -0.25) is 4.79 Å². The molecule has 92 valence electrons. The largest absolute Gasteiger partial charge is 0.396 e. The van der Waals surface area contributed by atoms with Crippen LogP contribution in [0, 0.1) is 12.8 Å². The van der Waals surface area contributed by atoms with Crippen LogP contribution in [0.4, 0.5) is 5.69 Å². The maximum absolute atomic E-state index is 11.8. The zero-order valence-corrected chi connectivity index (χ0v) is 9.89. The lowest BCUT2D eigenvalue weighted by Gasteiger charge is -2.20. The molecule has 0 spiro atoms. The predicted molar refractivity (Wildman–Crippen MR) is 64.6 cm³/mol. The van der Waals surface area contributed by atoms with E-state index in [-0.39, 0.29) is 25.0 Å². The van der Waals surface area contributed by atoms with E-state index >= 15 is 0 Å². The van der Waals surface area contributed by atoms with Crippen molar-refractivity contribution in [2.24, 2.45) is 5.92 Å². The van der Waals surface area contributed by atoms with Crippen molar-refractivity contribution in [3.05, 3.63) is 29.3 Å². The van der Waals surface area contributed by atoms with E-state index < -0.39 is 0 Å². The normalized spacial score (nSPS) is 20.1. The lowest BCUT2D eigenvalue weighted by molar-refractivity contribution is -0.117. The Morgan fingerprint density at radius 2 is 2.18 bits per heavy atom. The molecule has 2 rings (SSSR count). The summed E-state index contributed by atoms with van der Waals surface area (Å²) in [6.45, 7) is 2.48. The van der Waals surface area contributed by atoms with Crippen LogP contribution in [0.2, 0.25) is 0 Å². The Kier molecular flexibility index (Phi) is 3.45. The van der Waals surface area contributed by atoms with Crippen molar-refractivity contribution in [2.75, 3.05) is 18.1 Å². The molecule has 0 aliphatic carbocycles. The van der Waals surface area contributed by atoms with Gasteiger partial charge in [-0.05, 0) is 24.1 Å². The minimum Gasteiger partial charge on any atom is -0.396 e. The van der Waals surface area contributed by atoms with Gasteiger partial charge >= 0.3 is 0 Å². The monoisotopic (exact) mass is 235 g/mol. The molecule has 1 aliphatic rings. The Morgan fingerprint density at radius 1 is 1.41 bits per heavy atom. The minimum atomic E-state index is -0.0227. The second-order valence-corrected chi connectivity index (χ2v) is 4.48. The topological polar surface area (TPSA) is 60.8 Å². The number of hydrogen-bond donors (Lipinski definition) is 2. The smallest absolute Gasteiger partial charge is 0.227 e. The van der Waals surface area contributed by atoms with Gasteiger partial charge in [0.2, 0.25) is 5.91 Å². The van der Waals surface area contributed by atoms with Crippen molar-refractivity contribution in [2.45, 2.75) is 20.0 Å². The lowest BCUT2D eigenvalue weighted by Crippen LogP contribution is -2.26. The zero-order valence-electron chi connectivity index (χ0n) is 9.89. The molecule has 1 aromatic rings. The highest BCUT2D eigenvalue weighted by Gasteiger charge is 2.30. The fraction of sp³-hybridized carbons (Fsp3) is 0.462. The molecule has 1 amide bonds. The van der Waals surface area contributed by atoms with Crippen LogP contribution in [0.5, 0.6) is 0 Å². The molecule has 1 fully saturated rings. The highest BCUT2D eigenvalue weighted by Crippen LogP contribution is 2.29. The van der Waals surface area contributed by atoms with Gasteiger partial charge in [0.25, 0.3) is 0 Å². The summed E-state index contributed by atoms with van der Waals surface area (Å²) in [5.41, 5.74) is 2.61. The highest BCUT2D eigenvalue weighted by molar-refractivity contribution is 5.96. The number of carbonyl (C=O) groups excluding carboxylic acids is 1. The number of amides is 1. The molecule has 0 aromatic heterocycles. The van der Waals surface area contributed by atoms with Gasteiger partial charge in [-0.15, -0.1) is 0 Å². The van der Waals surface area contributed by atoms with Gasteiger partial charge in [0.15, 0.2) is 0 Å².